The van der Waals surface area contributed by atoms with Gasteiger partial charge in [0.1, 0.15) is 0 Å². The lowest BCUT2D eigenvalue weighted by atomic mass is 10.0. The lowest BCUT2D eigenvalue weighted by molar-refractivity contribution is -0.121. The number of carbonyl (C=O) groups excluding carboxylic acids is 1. The molecule has 1 saturated heterocycles. The highest BCUT2D eigenvalue weighted by Gasteiger charge is 2.24. The zero-order valence-corrected chi connectivity index (χ0v) is 14.3. The van der Waals surface area contributed by atoms with Crippen molar-refractivity contribution in [3.63, 3.8) is 0 Å². The summed E-state index contributed by atoms with van der Waals surface area (Å²) < 4.78 is 0. The Kier molecular flexibility index (Phi) is 5.74. The molecule has 0 unspecified atom stereocenters. The molecule has 1 aliphatic heterocycles. The Labute approximate surface area is 143 Å². The summed E-state index contributed by atoms with van der Waals surface area (Å²) >= 11 is 6.16. The van der Waals surface area contributed by atoms with Gasteiger partial charge in [0.25, 0.3) is 0 Å². The largest absolute Gasteiger partial charge is 0.354 e. The van der Waals surface area contributed by atoms with Crippen molar-refractivity contribution in [2.45, 2.75) is 38.1 Å². The molecule has 0 aromatic heterocycles. The van der Waals surface area contributed by atoms with Crippen LogP contribution in [0.3, 0.4) is 0 Å². The molecule has 3 rings (SSSR count). The second-order valence-electron chi connectivity index (χ2n) is 6.59. The first-order chi connectivity index (χ1) is 11.2. The predicted molar refractivity (Wildman–Crippen MR) is 94.5 cm³/mol. The molecule has 1 aromatic rings. The maximum atomic E-state index is 12.2. The Bertz CT molecular complexity index is 566. The van der Waals surface area contributed by atoms with Crippen LogP contribution in [-0.4, -0.2) is 30.4 Å². The third-order valence-corrected chi connectivity index (χ3v) is 5.10. The molecule has 1 amide bonds. The zero-order chi connectivity index (χ0) is 16.1. The minimum atomic E-state index is 0.160. The van der Waals surface area contributed by atoms with E-state index in [0.29, 0.717) is 18.9 Å². The summed E-state index contributed by atoms with van der Waals surface area (Å²) in [5.41, 5.74) is 1.19. The Morgan fingerprint density at radius 1 is 1.35 bits per heavy atom. The first kappa shape index (κ1) is 16.5. The average molecular weight is 333 g/mol. The summed E-state index contributed by atoms with van der Waals surface area (Å²) in [7, 11) is 0. The van der Waals surface area contributed by atoms with Gasteiger partial charge in [0.05, 0.1) is 6.04 Å². The number of allylic oxidation sites excluding steroid dienone is 2. The van der Waals surface area contributed by atoms with Gasteiger partial charge in [-0.1, -0.05) is 35.9 Å². The van der Waals surface area contributed by atoms with Crippen molar-refractivity contribution < 1.29 is 4.79 Å². The van der Waals surface area contributed by atoms with E-state index in [2.05, 4.69) is 28.4 Å². The van der Waals surface area contributed by atoms with Crippen molar-refractivity contribution >= 4 is 17.5 Å². The molecule has 0 saturated carbocycles. The van der Waals surface area contributed by atoms with Crippen molar-refractivity contribution in [1.82, 2.24) is 10.2 Å². The molecule has 23 heavy (non-hydrogen) atoms. The quantitative estimate of drug-likeness (QED) is 0.800. The van der Waals surface area contributed by atoms with E-state index in [0.717, 1.165) is 31.0 Å². The van der Waals surface area contributed by atoms with Crippen LogP contribution >= 0.6 is 11.6 Å². The van der Waals surface area contributed by atoms with Crippen molar-refractivity contribution in [2.75, 3.05) is 19.6 Å². The van der Waals surface area contributed by atoms with Crippen LogP contribution in [-0.2, 0) is 4.79 Å². The third-order valence-electron chi connectivity index (χ3n) is 4.87. The number of amides is 1. The molecule has 124 valence electrons. The molecular formula is C19H25ClN2O. The van der Waals surface area contributed by atoms with E-state index in [-0.39, 0.29) is 11.9 Å². The maximum absolute atomic E-state index is 12.2. The predicted octanol–water partition coefficient (Wildman–Crippen LogP) is 3.95. The summed E-state index contributed by atoms with van der Waals surface area (Å²) in [6.07, 6.45) is 9.65. The minimum Gasteiger partial charge on any atom is -0.354 e. The molecule has 1 heterocycles. The number of hydrogen-bond acceptors (Lipinski definition) is 2. The Hall–Kier alpha value is -1.32. The van der Waals surface area contributed by atoms with E-state index < -0.39 is 0 Å². The standard InChI is InChI=1S/C19H25ClN2O/c20-17-9-5-8-16(13-17)18(22-10-3-4-11-22)14-21-19(23)12-15-6-1-2-7-15/h1,5-6,8-9,13,15,18H,2-4,7,10-12,14H2,(H,21,23)/t15-,18+/m0/s1. The molecule has 2 aliphatic rings. The van der Waals surface area contributed by atoms with Crippen LogP contribution in [0.4, 0.5) is 0 Å². The number of benzene rings is 1. The molecule has 1 N–H and O–H groups in total. The molecule has 1 fully saturated rings. The van der Waals surface area contributed by atoms with E-state index in [1.807, 2.05) is 18.2 Å². The van der Waals surface area contributed by atoms with Crippen LogP contribution in [0.5, 0.6) is 0 Å². The molecule has 0 bridgehead atoms. The van der Waals surface area contributed by atoms with Crippen LogP contribution in [0.1, 0.15) is 43.7 Å². The Balaban J connectivity index is 1.61. The van der Waals surface area contributed by atoms with Crippen LogP contribution in [0.2, 0.25) is 5.02 Å². The Morgan fingerprint density at radius 2 is 2.17 bits per heavy atom. The summed E-state index contributed by atoms with van der Waals surface area (Å²) in [6, 6.07) is 8.25. The van der Waals surface area contributed by atoms with Gasteiger partial charge in [-0.2, -0.15) is 0 Å². The monoisotopic (exact) mass is 332 g/mol. The normalized spacial score (nSPS) is 22.4. The van der Waals surface area contributed by atoms with E-state index in [9.17, 15) is 4.79 Å². The fraction of sp³-hybridized carbons (Fsp3) is 0.526. The topological polar surface area (TPSA) is 32.3 Å². The summed E-state index contributed by atoms with van der Waals surface area (Å²) in [5, 5.41) is 3.91. The number of likely N-dealkylation sites (tertiary alicyclic amines) is 1. The molecule has 1 aliphatic carbocycles. The zero-order valence-electron chi connectivity index (χ0n) is 13.5. The van der Waals surface area contributed by atoms with Crippen LogP contribution in [0.15, 0.2) is 36.4 Å². The SMILES string of the molecule is O=C(C[C@H]1C=CCC1)NC[C@H](c1cccc(Cl)c1)N1CCCC1. The third kappa shape index (κ3) is 4.58. The van der Waals surface area contributed by atoms with E-state index in [4.69, 9.17) is 11.6 Å². The number of halogens is 1. The van der Waals surface area contributed by atoms with E-state index in [1.54, 1.807) is 0 Å². The molecule has 2 atom stereocenters. The fourth-order valence-corrected chi connectivity index (χ4v) is 3.81. The smallest absolute Gasteiger partial charge is 0.220 e. The van der Waals surface area contributed by atoms with Crippen LogP contribution in [0, 0.1) is 5.92 Å². The molecule has 1 aromatic carbocycles. The van der Waals surface area contributed by atoms with Gasteiger partial charge in [-0.15, -0.1) is 0 Å². The molecule has 4 heteroatoms. The molecular weight excluding hydrogens is 308 g/mol. The number of hydrogen-bond donors (Lipinski definition) is 1. The highest BCUT2D eigenvalue weighted by molar-refractivity contribution is 6.30. The van der Waals surface area contributed by atoms with Gasteiger partial charge in [0.15, 0.2) is 0 Å². The number of nitrogens with one attached hydrogen (secondary N) is 1. The lowest BCUT2D eigenvalue weighted by Crippen LogP contribution is -2.37. The first-order valence-electron chi connectivity index (χ1n) is 8.65. The number of carbonyl (C=O) groups is 1. The van der Waals surface area contributed by atoms with Gasteiger partial charge in [-0.3, -0.25) is 9.69 Å². The van der Waals surface area contributed by atoms with Gasteiger partial charge in [0, 0.05) is 18.0 Å². The second kappa shape index (κ2) is 7.98. The van der Waals surface area contributed by atoms with Gasteiger partial charge in [-0.05, 0) is 62.4 Å². The summed E-state index contributed by atoms with van der Waals surface area (Å²) in [6.45, 7) is 2.85. The summed E-state index contributed by atoms with van der Waals surface area (Å²) in [5.74, 6) is 0.583. The first-order valence-corrected chi connectivity index (χ1v) is 9.03. The average Bonchev–Trinajstić information content (AvgIpc) is 3.21. The van der Waals surface area contributed by atoms with Crippen molar-refractivity contribution in [3.05, 3.63) is 47.0 Å². The van der Waals surface area contributed by atoms with Gasteiger partial charge in [-0.25, -0.2) is 0 Å². The second-order valence-corrected chi connectivity index (χ2v) is 7.02. The molecule has 3 nitrogen and oxygen atoms in total. The maximum Gasteiger partial charge on any atom is 0.220 e. The lowest BCUT2D eigenvalue weighted by Gasteiger charge is -2.28. The van der Waals surface area contributed by atoms with E-state index >= 15 is 0 Å². The fourth-order valence-electron chi connectivity index (χ4n) is 3.61. The van der Waals surface area contributed by atoms with E-state index in [1.165, 1.54) is 18.4 Å². The highest BCUT2D eigenvalue weighted by Crippen LogP contribution is 2.27. The van der Waals surface area contributed by atoms with Crippen molar-refractivity contribution in [1.29, 1.82) is 0 Å². The van der Waals surface area contributed by atoms with Crippen LogP contribution < -0.4 is 5.32 Å². The summed E-state index contributed by atoms with van der Waals surface area (Å²) in [4.78, 5) is 14.7. The molecule has 0 spiro atoms. The molecule has 0 radical (unpaired) electrons. The van der Waals surface area contributed by atoms with Crippen LogP contribution in [0.25, 0.3) is 0 Å². The van der Waals surface area contributed by atoms with Gasteiger partial charge >= 0.3 is 0 Å². The highest BCUT2D eigenvalue weighted by atomic mass is 35.5. The van der Waals surface area contributed by atoms with Crippen molar-refractivity contribution in [3.8, 4) is 0 Å². The number of nitrogens with zero attached hydrogens (tertiary/aromatic N) is 1. The van der Waals surface area contributed by atoms with Gasteiger partial charge < -0.3 is 5.32 Å². The minimum absolute atomic E-state index is 0.160. The number of rotatable bonds is 6. The van der Waals surface area contributed by atoms with Gasteiger partial charge in [0.2, 0.25) is 5.91 Å². The Morgan fingerprint density at radius 3 is 2.87 bits per heavy atom. The van der Waals surface area contributed by atoms with Crippen molar-refractivity contribution in [2.24, 2.45) is 5.92 Å².